The van der Waals surface area contributed by atoms with E-state index in [0.717, 1.165) is 19.3 Å². The Morgan fingerprint density at radius 3 is 2.37 bits per heavy atom. The lowest BCUT2D eigenvalue weighted by Crippen LogP contribution is -2.42. The van der Waals surface area contributed by atoms with Gasteiger partial charge in [-0.15, -0.1) is 0 Å². The van der Waals surface area contributed by atoms with Gasteiger partial charge in [-0.25, -0.2) is 8.42 Å². The van der Waals surface area contributed by atoms with E-state index in [1.807, 2.05) is 18.2 Å². The molecule has 2 unspecified atom stereocenters. The van der Waals surface area contributed by atoms with Crippen molar-refractivity contribution in [3.8, 4) is 0 Å². The second-order valence-corrected chi connectivity index (χ2v) is 10.5. The Balaban J connectivity index is 1.67. The number of piperidine rings is 1. The lowest BCUT2D eigenvalue weighted by atomic mass is 9.94. The van der Waals surface area contributed by atoms with Crippen molar-refractivity contribution in [2.24, 2.45) is 11.8 Å². The first-order chi connectivity index (χ1) is 14.3. The standard InChI is InChI=1S/C24H32N2O3S/c1-19-15-20(2)18-26(17-19)30(28,29)23-13-7-12-22(16-23)24(27)25(3)14-8-11-21-9-5-4-6-10-21/h4-7,9-10,12-13,16,19-20H,8,11,14-15,17-18H2,1-3H3. The summed E-state index contributed by atoms with van der Waals surface area (Å²) < 4.78 is 27.9. The maximum atomic E-state index is 13.2. The van der Waals surface area contributed by atoms with Gasteiger partial charge in [-0.05, 0) is 54.9 Å². The molecule has 2 aromatic rings. The van der Waals surface area contributed by atoms with Crippen molar-refractivity contribution in [1.29, 1.82) is 0 Å². The number of benzene rings is 2. The van der Waals surface area contributed by atoms with Gasteiger partial charge in [0.25, 0.3) is 5.91 Å². The van der Waals surface area contributed by atoms with E-state index >= 15 is 0 Å². The van der Waals surface area contributed by atoms with Crippen LogP contribution in [0.15, 0.2) is 59.5 Å². The minimum atomic E-state index is -3.60. The zero-order valence-electron chi connectivity index (χ0n) is 18.1. The Morgan fingerprint density at radius 1 is 1.03 bits per heavy atom. The van der Waals surface area contributed by atoms with Crippen molar-refractivity contribution >= 4 is 15.9 Å². The number of sulfonamides is 1. The monoisotopic (exact) mass is 428 g/mol. The van der Waals surface area contributed by atoms with Crippen LogP contribution in [0.4, 0.5) is 0 Å². The Bertz CT molecular complexity index is 949. The molecule has 0 aromatic heterocycles. The number of nitrogens with zero attached hydrogens (tertiary/aromatic N) is 2. The summed E-state index contributed by atoms with van der Waals surface area (Å²) in [5, 5.41) is 0. The molecule has 1 amide bonds. The van der Waals surface area contributed by atoms with Crippen molar-refractivity contribution in [2.45, 2.75) is 38.0 Å². The molecule has 3 rings (SSSR count). The van der Waals surface area contributed by atoms with Crippen LogP contribution < -0.4 is 0 Å². The predicted octanol–water partition coefficient (Wildman–Crippen LogP) is 4.06. The summed E-state index contributed by atoms with van der Waals surface area (Å²) in [5.74, 6) is 0.522. The minimum absolute atomic E-state index is 0.152. The molecular weight excluding hydrogens is 396 g/mol. The van der Waals surface area contributed by atoms with Crippen molar-refractivity contribution < 1.29 is 13.2 Å². The first kappa shape index (κ1) is 22.5. The number of carbonyl (C=O) groups is 1. The van der Waals surface area contributed by atoms with Crippen LogP contribution in [0.1, 0.15) is 42.6 Å². The second-order valence-electron chi connectivity index (χ2n) is 8.61. The quantitative estimate of drug-likeness (QED) is 0.668. The van der Waals surface area contributed by atoms with Gasteiger partial charge in [0.15, 0.2) is 0 Å². The molecule has 1 aliphatic rings. The van der Waals surface area contributed by atoms with E-state index in [1.54, 1.807) is 34.5 Å². The van der Waals surface area contributed by atoms with Gasteiger partial charge in [-0.1, -0.05) is 50.2 Å². The summed E-state index contributed by atoms with van der Waals surface area (Å²) in [6.07, 6.45) is 2.80. The molecule has 2 aromatic carbocycles. The van der Waals surface area contributed by atoms with Crippen LogP contribution >= 0.6 is 0 Å². The molecule has 5 nitrogen and oxygen atoms in total. The summed E-state index contributed by atoms with van der Waals surface area (Å²) in [7, 11) is -1.83. The van der Waals surface area contributed by atoms with Crippen molar-refractivity contribution in [3.63, 3.8) is 0 Å². The summed E-state index contributed by atoms with van der Waals surface area (Å²) in [6.45, 7) is 5.85. The summed E-state index contributed by atoms with van der Waals surface area (Å²) in [5.41, 5.74) is 1.66. The molecule has 0 aliphatic carbocycles. The van der Waals surface area contributed by atoms with Crippen molar-refractivity contribution in [1.82, 2.24) is 9.21 Å². The first-order valence-electron chi connectivity index (χ1n) is 10.7. The third kappa shape index (κ3) is 5.49. The summed E-state index contributed by atoms with van der Waals surface area (Å²) >= 11 is 0. The van der Waals surface area contributed by atoms with Gasteiger partial charge in [0.05, 0.1) is 4.90 Å². The third-order valence-electron chi connectivity index (χ3n) is 5.70. The fourth-order valence-corrected chi connectivity index (χ4v) is 5.95. The molecule has 30 heavy (non-hydrogen) atoms. The van der Waals surface area contributed by atoms with Crippen LogP contribution in [0.2, 0.25) is 0 Å². The van der Waals surface area contributed by atoms with E-state index in [1.165, 1.54) is 11.6 Å². The van der Waals surface area contributed by atoms with E-state index in [4.69, 9.17) is 0 Å². The smallest absolute Gasteiger partial charge is 0.253 e. The molecule has 2 atom stereocenters. The van der Waals surface area contributed by atoms with E-state index in [9.17, 15) is 13.2 Å². The molecular formula is C24H32N2O3S. The largest absolute Gasteiger partial charge is 0.342 e. The normalized spacial score (nSPS) is 20.1. The second kappa shape index (κ2) is 9.75. The highest BCUT2D eigenvalue weighted by Crippen LogP contribution is 2.27. The Morgan fingerprint density at radius 2 is 1.70 bits per heavy atom. The Kier molecular flexibility index (Phi) is 7.32. The molecule has 6 heteroatoms. The highest BCUT2D eigenvalue weighted by molar-refractivity contribution is 7.89. The molecule has 0 bridgehead atoms. The molecule has 0 radical (unpaired) electrons. The molecule has 1 saturated heterocycles. The maximum absolute atomic E-state index is 13.2. The van der Waals surface area contributed by atoms with Gasteiger partial charge in [0, 0.05) is 32.2 Å². The fraction of sp³-hybridized carbons (Fsp3) is 0.458. The molecule has 0 saturated carbocycles. The topological polar surface area (TPSA) is 57.7 Å². The van der Waals surface area contributed by atoms with Crippen LogP contribution in [0.3, 0.4) is 0 Å². The van der Waals surface area contributed by atoms with Crippen molar-refractivity contribution in [2.75, 3.05) is 26.7 Å². The van der Waals surface area contributed by atoms with Gasteiger partial charge < -0.3 is 4.90 Å². The number of rotatable bonds is 7. The average molecular weight is 429 g/mol. The maximum Gasteiger partial charge on any atom is 0.253 e. The summed E-state index contributed by atoms with van der Waals surface area (Å²) in [6, 6.07) is 16.6. The first-order valence-corrected chi connectivity index (χ1v) is 12.1. The van der Waals surface area contributed by atoms with Crippen molar-refractivity contribution in [3.05, 3.63) is 65.7 Å². The van der Waals surface area contributed by atoms with Crippen LogP contribution in [0.25, 0.3) is 0 Å². The molecule has 0 spiro atoms. The highest BCUT2D eigenvalue weighted by Gasteiger charge is 2.32. The highest BCUT2D eigenvalue weighted by atomic mass is 32.2. The van der Waals surface area contributed by atoms with E-state index in [-0.39, 0.29) is 10.8 Å². The van der Waals surface area contributed by atoms with Gasteiger partial charge >= 0.3 is 0 Å². The third-order valence-corrected chi connectivity index (χ3v) is 7.53. The average Bonchev–Trinajstić information content (AvgIpc) is 2.73. The van der Waals surface area contributed by atoms with Crippen LogP contribution in [-0.4, -0.2) is 50.2 Å². The fourth-order valence-electron chi connectivity index (χ4n) is 4.23. The van der Waals surface area contributed by atoms with Crippen LogP contribution in [0, 0.1) is 11.8 Å². The number of amides is 1. The zero-order valence-corrected chi connectivity index (χ0v) is 18.9. The Hall–Kier alpha value is -2.18. The van der Waals surface area contributed by atoms with Gasteiger partial charge in [-0.2, -0.15) is 4.31 Å². The predicted molar refractivity (Wildman–Crippen MR) is 120 cm³/mol. The van der Waals surface area contributed by atoms with E-state index in [2.05, 4.69) is 26.0 Å². The molecule has 0 N–H and O–H groups in total. The number of carbonyl (C=O) groups excluding carboxylic acids is 1. The summed E-state index contributed by atoms with van der Waals surface area (Å²) in [4.78, 5) is 14.7. The van der Waals surface area contributed by atoms with Gasteiger partial charge in [0.1, 0.15) is 0 Å². The van der Waals surface area contributed by atoms with Crippen LogP contribution in [0.5, 0.6) is 0 Å². The minimum Gasteiger partial charge on any atom is -0.342 e. The van der Waals surface area contributed by atoms with Gasteiger partial charge in [-0.3, -0.25) is 4.79 Å². The zero-order chi connectivity index (χ0) is 21.7. The molecule has 1 aliphatic heterocycles. The number of hydrogen-bond donors (Lipinski definition) is 0. The number of hydrogen-bond acceptors (Lipinski definition) is 3. The molecule has 1 fully saturated rings. The lowest BCUT2D eigenvalue weighted by Gasteiger charge is -2.34. The molecule has 162 valence electrons. The number of aryl methyl sites for hydroxylation is 1. The lowest BCUT2D eigenvalue weighted by molar-refractivity contribution is 0.0793. The van der Waals surface area contributed by atoms with Crippen LogP contribution in [-0.2, 0) is 16.4 Å². The SMILES string of the molecule is CC1CC(C)CN(S(=O)(=O)c2cccc(C(=O)N(C)CCCc3ccccc3)c2)C1. The van der Waals surface area contributed by atoms with E-state index < -0.39 is 10.0 Å². The molecule has 1 heterocycles. The van der Waals surface area contributed by atoms with Gasteiger partial charge in [0.2, 0.25) is 10.0 Å². The van der Waals surface area contributed by atoms with E-state index in [0.29, 0.717) is 37.0 Å². The Labute approximate surface area is 180 Å².